The molecule has 0 aliphatic carbocycles. The summed E-state index contributed by atoms with van der Waals surface area (Å²) in [6.45, 7) is 3.96. The fraction of sp³-hybridized carbons (Fsp3) is 1.00. The van der Waals surface area contributed by atoms with E-state index in [2.05, 4.69) is 5.32 Å². The molecule has 0 amide bonds. The second kappa shape index (κ2) is 10.3. The first-order valence-corrected chi connectivity index (χ1v) is 5.29. The van der Waals surface area contributed by atoms with Gasteiger partial charge < -0.3 is 25.0 Å². The van der Waals surface area contributed by atoms with Gasteiger partial charge in [-0.15, -0.1) is 0 Å². The highest BCUT2D eigenvalue weighted by atomic mass is 16.5. The third-order valence-corrected chi connectivity index (χ3v) is 2.01. The van der Waals surface area contributed by atoms with Crippen LogP contribution in [0, 0.1) is 0 Å². The molecule has 2 unspecified atom stereocenters. The highest BCUT2D eigenvalue weighted by Gasteiger charge is 2.06. The molecule has 0 aromatic carbocycles. The Morgan fingerprint density at radius 2 is 2.07 bits per heavy atom. The van der Waals surface area contributed by atoms with Crippen LogP contribution in [-0.4, -0.2) is 62.4 Å². The molecule has 0 aromatic rings. The van der Waals surface area contributed by atoms with Crippen LogP contribution >= 0.6 is 0 Å². The Balaban J connectivity index is 3.28. The minimum atomic E-state index is -0.511. The molecule has 0 aromatic heterocycles. The van der Waals surface area contributed by atoms with Crippen molar-refractivity contribution < 1.29 is 19.7 Å². The average Bonchev–Trinajstić information content (AvgIpc) is 2.22. The van der Waals surface area contributed by atoms with Crippen molar-refractivity contribution in [3.05, 3.63) is 0 Å². The molecule has 3 N–H and O–H groups in total. The van der Waals surface area contributed by atoms with Crippen LogP contribution in [0.2, 0.25) is 0 Å². The normalized spacial score (nSPS) is 15.2. The monoisotopic (exact) mass is 221 g/mol. The van der Waals surface area contributed by atoms with Gasteiger partial charge in [0, 0.05) is 26.3 Å². The van der Waals surface area contributed by atoms with Gasteiger partial charge in [-0.25, -0.2) is 0 Å². The molecule has 0 heterocycles. The van der Waals surface area contributed by atoms with Crippen LogP contribution in [0.5, 0.6) is 0 Å². The predicted molar refractivity (Wildman–Crippen MR) is 57.9 cm³/mol. The fourth-order valence-electron chi connectivity index (χ4n) is 1.05. The summed E-state index contributed by atoms with van der Waals surface area (Å²) in [4.78, 5) is 0. The zero-order valence-electron chi connectivity index (χ0n) is 9.61. The number of rotatable bonds is 10. The van der Waals surface area contributed by atoms with Gasteiger partial charge in [-0.3, -0.25) is 0 Å². The lowest BCUT2D eigenvalue weighted by molar-refractivity contribution is 0.0128. The summed E-state index contributed by atoms with van der Waals surface area (Å²) in [7, 11) is 1.61. The minimum absolute atomic E-state index is 0.161. The van der Waals surface area contributed by atoms with E-state index in [9.17, 15) is 5.11 Å². The molecule has 0 aliphatic rings. The van der Waals surface area contributed by atoms with Gasteiger partial charge >= 0.3 is 0 Å². The smallest absolute Gasteiger partial charge is 0.0897 e. The molecule has 0 fully saturated rings. The lowest BCUT2D eigenvalue weighted by Crippen LogP contribution is -2.36. The molecule has 0 bridgehead atoms. The van der Waals surface area contributed by atoms with Gasteiger partial charge in [0.15, 0.2) is 0 Å². The molecule has 5 heteroatoms. The van der Waals surface area contributed by atoms with Crippen LogP contribution < -0.4 is 5.32 Å². The molecule has 0 radical (unpaired) electrons. The zero-order chi connectivity index (χ0) is 11.5. The van der Waals surface area contributed by atoms with Crippen molar-refractivity contribution in [2.75, 3.05) is 40.1 Å². The maximum absolute atomic E-state index is 9.47. The molecule has 92 valence electrons. The molecule has 15 heavy (non-hydrogen) atoms. The number of hydrogen-bond acceptors (Lipinski definition) is 5. The highest BCUT2D eigenvalue weighted by Crippen LogP contribution is 1.90. The first-order chi connectivity index (χ1) is 7.20. The Morgan fingerprint density at radius 1 is 1.33 bits per heavy atom. The quantitative estimate of drug-likeness (QED) is 0.429. The van der Waals surface area contributed by atoms with E-state index in [4.69, 9.17) is 14.6 Å². The lowest BCUT2D eigenvalue weighted by atomic mass is 10.2. The van der Waals surface area contributed by atoms with Crippen LogP contribution in [0.25, 0.3) is 0 Å². The molecule has 0 saturated heterocycles. The van der Waals surface area contributed by atoms with Gasteiger partial charge in [0.05, 0.1) is 25.9 Å². The molecule has 0 spiro atoms. The van der Waals surface area contributed by atoms with Crippen LogP contribution in [0.3, 0.4) is 0 Å². The van der Waals surface area contributed by atoms with E-state index in [0.717, 1.165) is 0 Å². The van der Waals surface area contributed by atoms with E-state index >= 15 is 0 Å². The third-order valence-electron chi connectivity index (χ3n) is 2.01. The van der Waals surface area contributed by atoms with Gasteiger partial charge in [0.1, 0.15) is 0 Å². The number of ether oxygens (including phenoxy) is 2. The standard InChI is InChI=1S/C10H23NO4/c1-9(3-4-12)11-7-10(13)8-15-6-5-14-2/h9-13H,3-8H2,1-2H3. The van der Waals surface area contributed by atoms with Gasteiger partial charge in [-0.1, -0.05) is 0 Å². The van der Waals surface area contributed by atoms with Crippen molar-refractivity contribution in [3.8, 4) is 0 Å². The molecule has 0 rings (SSSR count). The van der Waals surface area contributed by atoms with Crippen molar-refractivity contribution in [1.29, 1.82) is 0 Å². The Hall–Kier alpha value is -0.200. The molecule has 0 aliphatic heterocycles. The second-order valence-electron chi connectivity index (χ2n) is 3.54. The highest BCUT2D eigenvalue weighted by molar-refractivity contribution is 4.64. The summed E-state index contributed by atoms with van der Waals surface area (Å²) in [5.74, 6) is 0. The Bertz CT molecular complexity index is 135. The summed E-state index contributed by atoms with van der Waals surface area (Å²) in [5, 5.41) is 21.2. The molecular weight excluding hydrogens is 198 g/mol. The van der Waals surface area contributed by atoms with Crippen LogP contribution in [-0.2, 0) is 9.47 Å². The molecular formula is C10H23NO4. The fourth-order valence-corrected chi connectivity index (χ4v) is 1.05. The first kappa shape index (κ1) is 14.8. The van der Waals surface area contributed by atoms with Gasteiger partial charge in [0.25, 0.3) is 0 Å². The van der Waals surface area contributed by atoms with Crippen molar-refractivity contribution in [3.63, 3.8) is 0 Å². The van der Waals surface area contributed by atoms with Crippen LogP contribution in [0.4, 0.5) is 0 Å². The SMILES string of the molecule is COCCOCC(O)CNC(C)CCO. The van der Waals surface area contributed by atoms with Gasteiger partial charge in [-0.05, 0) is 13.3 Å². The van der Waals surface area contributed by atoms with E-state index < -0.39 is 6.10 Å². The van der Waals surface area contributed by atoms with Crippen LogP contribution in [0.1, 0.15) is 13.3 Å². The molecule has 2 atom stereocenters. The summed E-state index contributed by atoms with van der Waals surface area (Å²) < 4.78 is 9.97. The van der Waals surface area contributed by atoms with E-state index in [1.807, 2.05) is 6.92 Å². The number of methoxy groups -OCH3 is 1. The molecule has 5 nitrogen and oxygen atoms in total. The summed E-state index contributed by atoms with van der Waals surface area (Å²) >= 11 is 0. The Morgan fingerprint density at radius 3 is 2.67 bits per heavy atom. The summed E-state index contributed by atoms with van der Waals surface area (Å²) in [5.41, 5.74) is 0. The number of aliphatic hydroxyl groups is 2. The number of aliphatic hydroxyl groups excluding tert-OH is 2. The Labute approximate surface area is 91.4 Å². The van der Waals surface area contributed by atoms with Gasteiger partial charge in [0.2, 0.25) is 0 Å². The van der Waals surface area contributed by atoms with Crippen molar-refractivity contribution >= 4 is 0 Å². The summed E-state index contributed by atoms with van der Waals surface area (Å²) in [6.07, 6.45) is 0.181. The van der Waals surface area contributed by atoms with Crippen molar-refractivity contribution in [1.82, 2.24) is 5.32 Å². The zero-order valence-corrected chi connectivity index (χ0v) is 9.61. The average molecular weight is 221 g/mol. The Kier molecular flexibility index (Phi) is 10.2. The molecule has 0 saturated carbocycles. The first-order valence-electron chi connectivity index (χ1n) is 5.29. The number of hydrogen-bond donors (Lipinski definition) is 3. The van der Waals surface area contributed by atoms with E-state index in [-0.39, 0.29) is 12.6 Å². The largest absolute Gasteiger partial charge is 0.396 e. The van der Waals surface area contributed by atoms with E-state index in [1.165, 1.54) is 0 Å². The summed E-state index contributed by atoms with van der Waals surface area (Å²) in [6, 6.07) is 0.212. The minimum Gasteiger partial charge on any atom is -0.396 e. The lowest BCUT2D eigenvalue weighted by Gasteiger charge is -2.16. The van der Waals surface area contributed by atoms with Crippen LogP contribution in [0.15, 0.2) is 0 Å². The third kappa shape index (κ3) is 10.1. The number of nitrogens with one attached hydrogen (secondary N) is 1. The van der Waals surface area contributed by atoms with Crippen molar-refractivity contribution in [2.24, 2.45) is 0 Å². The predicted octanol–water partition coefficient (Wildman–Crippen LogP) is -0.629. The van der Waals surface area contributed by atoms with E-state index in [0.29, 0.717) is 32.8 Å². The maximum Gasteiger partial charge on any atom is 0.0897 e. The van der Waals surface area contributed by atoms with Gasteiger partial charge in [-0.2, -0.15) is 0 Å². The maximum atomic E-state index is 9.47. The van der Waals surface area contributed by atoms with E-state index in [1.54, 1.807) is 7.11 Å². The second-order valence-corrected chi connectivity index (χ2v) is 3.54. The topological polar surface area (TPSA) is 71.0 Å². The van der Waals surface area contributed by atoms with Crippen molar-refractivity contribution in [2.45, 2.75) is 25.5 Å².